The Kier molecular flexibility index (Phi) is 27.5. The zero-order chi connectivity index (χ0) is 57.7. The minimum atomic E-state index is -0.731. The first-order valence-corrected chi connectivity index (χ1v) is 28.2. The molecule has 432 valence electrons. The maximum Gasteiger partial charge on any atom is 0.310 e. The number of amides is 5. The van der Waals surface area contributed by atoms with E-state index in [2.05, 4.69) is 5.32 Å². The summed E-state index contributed by atoms with van der Waals surface area (Å²) in [6, 6.07) is 8.12. The van der Waals surface area contributed by atoms with Gasteiger partial charge in [-0.05, 0) is 96.2 Å². The Balaban J connectivity index is 1.64. The lowest BCUT2D eigenvalue weighted by molar-refractivity contribution is -0.161. The molecule has 77 heavy (non-hydrogen) atoms. The summed E-state index contributed by atoms with van der Waals surface area (Å²) < 4.78 is 18.0. The number of ether oxygens (including phenoxy) is 3. The van der Waals surface area contributed by atoms with Gasteiger partial charge in [-0.25, -0.2) is 0 Å². The van der Waals surface area contributed by atoms with E-state index in [1.165, 1.54) is 17.1 Å². The van der Waals surface area contributed by atoms with Crippen molar-refractivity contribution in [1.82, 2.24) is 24.9 Å². The number of Topliss-reactive ketones (excluding diaryl/α,β-unsaturated/α-hetero) is 3. The van der Waals surface area contributed by atoms with Crippen molar-refractivity contribution in [3.63, 3.8) is 0 Å². The van der Waals surface area contributed by atoms with Crippen LogP contribution in [0.4, 0.5) is 0 Å². The van der Waals surface area contributed by atoms with Crippen molar-refractivity contribution in [2.45, 2.75) is 189 Å². The van der Waals surface area contributed by atoms with E-state index in [0.29, 0.717) is 71.0 Å². The zero-order valence-electron chi connectivity index (χ0n) is 49.1. The third kappa shape index (κ3) is 20.6. The number of rotatable bonds is 35. The van der Waals surface area contributed by atoms with Crippen LogP contribution in [0.5, 0.6) is 0 Å². The summed E-state index contributed by atoms with van der Waals surface area (Å²) >= 11 is 0. The molecule has 1 aromatic carbocycles. The number of unbranched alkanes of at least 4 members (excludes halogenated alkanes) is 2. The molecule has 5 amide bonds. The van der Waals surface area contributed by atoms with Crippen molar-refractivity contribution in [2.24, 2.45) is 35.5 Å². The van der Waals surface area contributed by atoms with Crippen LogP contribution < -0.4 is 5.32 Å². The Morgan fingerprint density at radius 1 is 0.792 bits per heavy atom. The first-order valence-electron chi connectivity index (χ1n) is 28.2. The number of benzene rings is 1. The Labute approximate surface area is 460 Å². The number of nitrogens with zero attached hydrogens (tertiary/aromatic N) is 4. The molecule has 9 atom stereocenters. The van der Waals surface area contributed by atoms with Crippen molar-refractivity contribution in [3.8, 4) is 0 Å². The summed E-state index contributed by atoms with van der Waals surface area (Å²) in [5.41, 5.74) is 0.188. The van der Waals surface area contributed by atoms with Crippen LogP contribution in [0.25, 0.3) is 0 Å². The topological polar surface area (TPSA) is 206 Å². The molecule has 0 saturated carbocycles. The molecule has 3 rings (SSSR count). The number of likely N-dealkylation sites (N-methyl/N-ethyl adjacent to an activating group) is 2. The van der Waals surface area contributed by atoms with E-state index in [-0.39, 0.29) is 103 Å². The molecule has 2 aliphatic heterocycles. The molecule has 0 spiro atoms. The number of imide groups is 1. The third-order valence-electron chi connectivity index (χ3n) is 15.5. The Hall–Kier alpha value is -5.13. The van der Waals surface area contributed by atoms with E-state index in [0.717, 1.165) is 5.56 Å². The highest BCUT2D eigenvalue weighted by Gasteiger charge is 2.44. The lowest BCUT2D eigenvalue weighted by Gasteiger charge is -2.41. The van der Waals surface area contributed by atoms with E-state index in [1.807, 2.05) is 83.8 Å². The van der Waals surface area contributed by atoms with Gasteiger partial charge in [0, 0.05) is 84.0 Å². The maximum atomic E-state index is 14.8. The van der Waals surface area contributed by atoms with Crippen LogP contribution in [0.1, 0.15) is 152 Å². The van der Waals surface area contributed by atoms with Crippen LogP contribution in [-0.4, -0.2) is 163 Å². The lowest BCUT2D eigenvalue weighted by Crippen LogP contribution is -2.54. The molecule has 0 aromatic heterocycles. The predicted molar refractivity (Wildman–Crippen MR) is 296 cm³/mol. The molecule has 2 aliphatic rings. The van der Waals surface area contributed by atoms with Crippen LogP contribution in [0.3, 0.4) is 0 Å². The van der Waals surface area contributed by atoms with Gasteiger partial charge in [-0.2, -0.15) is 0 Å². The van der Waals surface area contributed by atoms with E-state index in [9.17, 15) is 43.2 Å². The fourth-order valence-electron chi connectivity index (χ4n) is 11.0. The van der Waals surface area contributed by atoms with Gasteiger partial charge < -0.3 is 29.3 Å². The van der Waals surface area contributed by atoms with Crippen molar-refractivity contribution < 1.29 is 57.4 Å². The summed E-state index contributed by atoms with van der Waals surface area (Å²) in [5.74, 6) is -4.43. The summed E-state index contributed by atoms with van der Waals surface area (Å²) in [6.45, 7) is 20.2. The van der Waals surface area contributed by atoms with E-state index in [4.69, 9.17) is 14.2 Å². The van der Waals surface area contributed by atoms with Gasteiger partial charge in [-0.3, -0.25) is 53.0 Å². The van der Waals surface area contributed by atoms with Crippen molar-refractivity contribution >= 4 is 52.9 Å². The second kappa shape index (κ2) is 32.1. The molecule has 1 saturated heterocycles. The fourth-order valence-corrected chi connectivity index (χ4v) is 11.0. The van der Waals surface area contributed by atoms with Gasteiger partial charge in [0.05, 0.1) is 49.2 Å². The quantitative estimate of drug-likeness (QED) is 0.0406. The first-order chi connectivity index (χ1) is 36.3. The Bertz CT molecular complexity index is 2140. The fraction of sp³-hybridized carbons (Fsp3) is 0.717. The molecule has 0 unspecified atom stereocenters. The monoisotopic (exact) mass is 1080 g/mol. The number of likely N-dealkylation sites (tertiary alicyclic amines) is 1. The average Bonchev–Trinajstić information content (AvgIpc) is 3.98. The number of hydrogen-bond acceptors (Lipinski definition) is 13. The zero-order valence-corrected chi connectivity index (χ0v) is 49.1. The second-order valence-electron chi connectivity index (χ2n) is 23.3. The minimum Gasteiger partial charge on any atom is -0.460 e. The van der Waals surface area contributed by atoms with Gasteiger partial charge in [-0.1, -0.05) is 91.6 Å². The lowest BCUT2D eigenvalue weighted by atomic mass is 9.83. The van der Waals surface area contributed by atoms with Crippen LogP contribution >= 0.6 is 0 Å². The molecule has 1 fully saturated rings. The number of methoxy groups -OCH3 is 2. The summed E-state index contributed by atoms with van der Waals surface area (Å²) in [6.07, 6.45) is 6.19. The van der Waals surface area contributed by atoms with Gasteiger partial charge >= 0.3 is 5.97 Å². The summed E-state index contributed by atoms with van der Waals surface area (Å²) in [4.78, 5) is 126. The molecule has 17 heteroatoms. The standard InChI is InChI=1S/C60H95N5O12/c1-15-41(6)56(50(75-13)37-54(72)64-33-23-27-47(64)57(76-14)42(7)48(67)35-44(59(74)77-60(8,9)10)34-43-24-18-16-19-25-43)63(12)58(73)46(39(2)3)36-49(68)55(40(4)5)62(11)31-22-26-45(66)38-61-51(69)28-20-17-21-32-65-52(70)29-30-53(65)71/h16,18-19,24-25,29-30,39-42,44,46-47,50,55-57H,15,17,20-23,26-28,31-38H2,1-14H3,(H,61,69)/t41-,42-,44+,46-,47-,50+,55-,56-,57+/m0/s1. The molecule has 0 radical (unpaired) electrons. The molecule has 1 aromatic rings. The molecular weight excluding hydrogens is 983 g/mol. The Morgan fingerprint density at radius 3 is 2.01 bits per heavy atom. The molecule has 1 N–H and O–H groups in total. The summed E-state index contributed by atoms with van der Waals surface area (Å²) in [5, 5.41) is 2.69. The maximum absolute atomic E-state index is 14.8. The molecule has 17 nitrogen and oxygen atoms in total. The Morgan fingerprint density at radius 2 is 1.44 bits per heavy atom. The largest absolute Gasteiger partial charge is 0.460 e. The highest BCUT2D eigenvalue weighted by atomic mass is 16.6. The molecule has 2 heterocycles. The van der Waals surface area contributed by atoms with Gasteiger partial charge in [0.25, 0.3) is 11.8 Å². The van der Waals surface area contributed by atoms with Crippen LogP contribution in [0, 0.1) is 35.5 Å². The highest BCUT2D eigenvalue weighted by Crippen LogP contribution is 2.32. The van der Waals surface area contributed by atoms with E-state index >= 15 is 0 Å². The van der Waals surface area contributed by atoms with Gasteiger partial charge in [-0.15, -0.1) is 0 Å². The summed E-state index contributed by atoms with van der Waals surface area (Å²) in [7, 11) is 6.69. The highest BCUT2D eigenvalue weighted by molar-refractivity contribution is 6.12. The van der Waals surface area contributed by atoms with E-state index < -0.39 is 59.7 Å². The van der Waals surface area contributed by atoms with E-state index in [1.54, 1.807) is 58.8 Å². The second-order valence-corrected chi connectivity index (χ2v) is 23.3. The normalized spacial score (nSPS) is 18.0. The number of hydrogen-bond donors (Lipinski definition) is 1. The molecular formula is C60H95N5O12. The van der Waals surface area contributed by atoms with Gasteiger partial charge in [0.2, 0.25) is 17.7 Å². The number of esters is 1. The van der Waals surface area contributed by atoms with Crippen molar-refractivity contribution in [3.05, 3.63) is 48.0 Å². The van der Waals surface area contributed by atoms with Crippen LogP contribution in [-0.2, 0) is 63.8 Å². The smallest absolute Gasteiger partial charge is 0.310 e. The van der Waals surface area contributed by atoms with Crippen molar-refractivity contribution in [2.75, 3.05) is 54.5 Å². The number of carbonyl (C=O) groups excluding carboxylic acids is 9. The number of carbonyl (C=O) groups is 9. The first kappa shape index (κ1) is 66.2. The number of nitrogens with one attached hydrogen (secondary N) is 1. The van der Waals surface area contributed by atoms with Crippen LogP contribution in [0.2, 0.25) is 0 Å². The van der Waals surface area contributed by atoms with Gasteiger partial charge in [0.15, 0.2) is 11.6 Å². The van der Waals surface area contributed by atoms with Crippen LogP contribution in [0.15, 0.2) is 42.5 Å². The number of ketones is 3. The third-order valence-corrected chi connectivity index (χ3v) is 15.5. The SMILES string of the molecule is CC[C@H](C)[C@@H]([C@@H](CC(=O)N1CCC[C@H]1[C@H](OC)[C@@H](C)C(=O)C[C@@H](Cc1ccccc1)C(=O)OC(C)(C)C)OC)N(C)C(=O)[C@@H](CC(=O)[C@H](C(C)C)N(C)CCCC(=O)CNC(=O)CCCCCN1C(=O)C=CC1=O)C(C)C. The molecule has 0 bridgehead atoms. The average molecular weight is 1080 g/mol. The van der Waals surface area contributed by atoms with Crippen molar-refractivity contribution in [1.29, 1.82) is 0 Å². The van der Waals surface area contributed by atoms with Gasteiger partial charge in [0.1, 0.15) is 11.4 Å². The predicted octanol–water partition coefficient (Wildman–Crippen LogP) is 7.21. The minimum absolute atomic E-state index is 0.00402. The molecule has 0 aliphatic carbocycles.